The quantitative estimate of drug-likeness (QED) is 0.0676. The Kier molecular flexibility index (Phi) is 18.9. The van der Waals surface area contributed by atoms with Crippen molar-refractivity contribution in [1.82, 2.24) is 39.9 Å². The average Bonchev–Trinajstić information content (AvgIpc) is 0.756. The molecule has 0 bridgehead atoms. The van der Waals surface area contributed by atoms with E-state index < -0.39 is 0 Å². The van der Waals surface area contributed by atoms with Gasteiger partial charge in [0.05, 0.1) is 61.9 Å². The second kappa shape index (κ2) is 30.2. The number of nitrogens with zero attached hydrogens (tertiary/aromatic N) is 8. The third-order valence-electron chi connectivity index (χ3n) is 18.0. The van der Waals surface area contributed by atoms with Gasteiger partial charge in [-0.3, -0.25) is 0 Å². The molecular weight excluding hydrogens is 1300 g/mol. The molecule has 0 fully saturated rings. The highest BCUT2D eigenvalue weighted by Gasteiger charge is 2.19. The molecule has 0 atom stereocenters. The highest BCUT2D eigenvalue weighted by atomic mass is 35.5. The number of fused-ring (bicyclic) bond motifs is 6. The van der Waals surface area contributed by atoms with Gasteiger partial charge in [0, 0.05) is 71.6 Å². The van der Waals surface area contributed by atoms with Crippen molar-refractivity contribution in [3.8, 4) is 130 Å². The van der Waals surface area contributed by atoms with Crippen LogP contribution in [0.1, 0.15) is 0 Å². The van der Waals surface area contributed by atoms with Crippen molar-refractivity contribution >= 4 is 62.9 Å². The van der Waals surface area contributed by atoms with Crippen molar-refractivity contribution in [3.63, 3.8) is 0 Å². The summed E-state index contributed by atoms with van der Waals surface area (Å²) in [5, 5.41) is 13.6. The first-order chi connectivity index (χ1) is 51.4. The van der Waals surface area contributed by atoms with Gasteiger partial charge in [-0.1, -0.05) is 315 Å². The van der Waals surface area contributed by atoms with Gasteiger partial charge in [0.2, 0.25) is 0 Å². The molecule has 10 nitrogen and oxygen atoms in total. The standard InChI is InChI=1S/C46H30N4.C24H15ClN2.C22H16BN2O2/c1-5-14-31(15-6-1)39-29-41(32-16-7-2-8-17-32)48-45-38(39)26-24-35-25-27-40(47-44(35)45)36-22-13-23-37(28-36)46-49-42(33-18-9-3-10-19-33)30-43(50-46)34-20-11-4-12-21-34;25-22-14-12-18-11-13-19-20(16-7-3-1-4-8-16)15-21(17-9-5-2-6-10-17)26-24(19)23(18)27-22;26-23-27-19-13-7-12-18(14-19)22-24-20(16-8-3-1-4-9-16)15-21(25-22)17-10-5-2-6-11-17/h1-30H;1-15H;1-15,26H. The number of hydrogen-bond acceptors (Lipinski definition) is 10. The van der Waals surface area contributed by atoms with Crippen LogP contribution in [0.5, 0.6) is 5.75 Å². The Morgan fingerprint density at radius 1 is 0.231 bits per heavy atom. The molecule has 0 aliphatic heterocycles. The lowest BCUT2D eigenvalue weighted by atomic mass is 9.97. The van der Waals surface area contributed by atoms with E-state index in [-0.39, 0.29) is 0 Å². The van der Waals surface area contributed by atoms with Crippen molar-refractivity contribution in [2.24, 2.45) is 0 Å². The summed E-state index contributed by atoms with van der Waals surface area (Å²) in [6.45, 7) is 0. The van der Waals surface area contributed by atoms with Crippen LogP contribution in [0, 0.1) is 0 Å². The maximum Gasteiger partial charge on any atom is 0.569 e. The average molecular weight is 1360 g/mol. The Labute approximate surface area is 607 Å². The molecule has 104 heavy (non-hydrogen) atoms. The molecule has 12 heteroatoms. The first kappa shape index (κ1) is 65.2. The summed E-state index contributed by atoms with van der Waals surface area (Å²) in [4.78, 5) is 39.8. The number of rotatable bonds is 13. The number of hydrogen-bond donors (Lipinski definition) is 1. The molecule has 1 N–H and O–H groups in total. The highest BCUT2D eigenvalue weighted by Crippen LogP contribution is 2.39. The Morgan fingerprint density at radius 2 is 0.538 bits per heavy atom. The van der Waals surface area contributed by atoms with E-state index in [0.29, 0.717) is 30.2 Å². The molecule has 0 saturated heterocycles. The van der Waals surface area contributed by atoms with Gasteiger partial charge in [-0.15, -0.1) is 0 Å². The first-order valence-electron chi connectivity index (χ1n) is 34.1. The summed E-state index contributed by atoms with van der Waals surface area (Å²) in [5.41, 5.74) is 23.2. The largest absolute Gasteiger partial charge is 0.569 e. The Bertz CT molecular complexity index is 5940. The molecule has 0 amide bonds. The van der Waals surface area contributed by atoms with Crippen LogP contribution in [0.3, 0.4) is 0 Å². The van der Waals surface area contributed by atoms with Gasteiger partial charge in [0.1, 0.15) is 10.9 Å². The third-order valence-corrected chi connectivity index (χ3v) is 18.2. The predicted octanol–water partition coefficient (Wildman–Crippen LogP) is 22.7. The fourth-order valence-corrected chi connectivity index (χ4v) is 13.0. The molecule has 491 valence electrons. The normalized spacial score (nSPS) is 11.0. The smallest absolute Gasteiger partial charge is 0.537 e. The SMILES string of the molecule is Clc1ccc2ccc3c(-c4ccccc4)cc(-c4ccccc4)nc3c2n1.O[B]Oc1cccc(-c2nc(-c3ccccc3)cc(-c3ccccc3)n2)c1.c1ccc(-c2cc(-c3ccccc3)nc(-c3cccc(-c4ccc5ccc6c(-c7ccccc7)cc(-c7ccccc7)nc6c5n4)c3)n2)cc1. The molecule has 0 spiro atoms. The molecule has 1 radical (unpaired) electrons. The van der Waals surface area contributed by atoms with Gasteiger partial charge >= 0.3 is 7.69 Å². The van der Waals surface area contributed by atoms with Crippen molar-refractivity contribution in [2.75, 3.05) is 0 Å². The summed E-state index contributed by atoms with van der Waals surface area (Å²) >= 11 is 6.19. The zero-order chi connectivity index (χ0) is 70.0. The molecule has 6 heterocycles. The molecule has 0 saturated carbocycles. The summed E-state index contributed by atoms with van der Waals surface area (Å²) in [6, 6.07) is 123. The van der Waals surface area contributed by atoms with Gasteiger partial charge in [0.15, 0.2) is 11.6 Å². The Morgan fingerprint density at radius 3 is 0.933 bits per heavy atom. The third kappa shape index (κ3) is 14.3. The van der Waals surface area contributed by atoms with Gasteiger partial charge in [0.25, 0.3) is 0 Å². The number of pyridine rings is 4. The maximum atomic E-state index is 8.89. The van der Waals surface area contributed by atoms with E-state index in [1.807, 2.05) is 164 Å². The van der Waals surface area contributed by atoms with E-state index in [0.717, 1.165) is 156 Å². The maximum absolute atomic E-state index is 8.89. The molecular formula is C92H61BClN8O2. The van der Waals surface area contributed by atoms with Gasteiger partial charge in [-0.25, -0.2) is 39.9 Å². The lowest BCUT2D eigenvalue weighted by molar-refractivity contribution is 0.454. The number of benzene rings is 12. The monoisotopic (exact) mass is 1360 g/mol. The molecule has 0 aliphatic carbocycles. The second-order valence-electron chi connectivity index (χ2n) is 24.7. The zero-order valence-corrected chi connectivity index (χ0v) is 56.8. The van der Waals surface area contributed by atoms with Crippen LogP contribution in [0.25, 0.3) is 167 Å². The predicted molar refractivity (Wildman–Crippen MR) is 425 cm³/mol. The molecule has 18 aromatic rings. The minimum atomic E-state index is 0.475. The molecule has 18 rings (SSSR count). The topological polar surface area (TPSA) is 133 Å². The van der Waals surface area contributed by atoms with Gasteiger partial charge in [-0.05, 0) is 82.9 Å². The van der Waals surface area contributed by atoms with Crippen LogP contribution < -0.4 is 4.65 Å². The summed E-state index contributed by atoms with van der Waals surface area (Å²) in [7, 11) is 0.662. The molecule has 6 aromatic heterocycles. The van der Waals surface area contributed by atoms with E-state index in [1.54, 1.807) is 12.1 Å². The lowest BCUT2D eigenvalue weighted by Gasteiger charge is -2.13. The second-order valence-corrected chi connectivity index (χ2v) is 25.1. The minimum absolute atomic E-state index is 0.475. The number of aromatic nitrogens is 8. The van der Waals surface area contributed by atoms with Gasteiger partial charge in [-0.2, -0.15) is 0 Å². The van der Waals surface area contributed by atoms with Crippen molar-refractivity contribution < 1.29 is 9.68 Å². The minimum Gasteiger partial charge on any atom is -0.537 e. The fraction of sp³-hybridized carbons (Fsp3) is 0. The Balaban J connectivity index is 0.000000131. The van der Waals surface area contributed by atoms with Crippen molar-refractivity contribution in [3.05, 3.63) is 369 Å². The van der Waals surface area contributed by atoms with Crippen LogP contribution in [0.2, 0.25) is 5.15 Å². The van der Waals surface area contributed by atoms with Gasteiger partial charge < -0.3 is 9.68 Å². The number of halogens is 1. The van der Waals surface area contributed by atoms with E-state index in [9.17, 15) is 0 Å². The van der Waals surface area contributed by atoms with Crippen LogP contribution in [-0.2, 0) is 0 Å². The molecule has 12 aromatic carbocycles. The Hall–Kier alpha value is -13.4. The van der Waals surface area contributed by atoms with Crippen LogP contribution in [0.15, 0.2) is 364 Å². The summed E-state index contributed by atoms with van der Waals surface area (Å²) in [6.07, 6.45) is 0. The van der Waals surface area contributed by atoms with E-state index in [1.165, 1.54) is 0 Å². The zero-order valence-electron chi connectivity index (χ0n) is 56.0. The lowest BCUT2D eigenvalue weighted by Crippen LogP contribution is -2.00. The van der Waals surface area contributed by atoms with Crippen molar-refractivity contribution in [2.45, 2.75) is 0 Å². The summed E-state index contributed by atoms with van der Waals surface area (Å²) in [5.74, 6) is 1.78. The van der Waals surface area contributed by atoms with Crippen molar-refractivity contribution in [1.29, 1.82) is 0 Å². The summed E-state index contributed by atoms with van der Waals surface area (Å²) < 4.78 is 5.07. The molecule has 0 unspecified atom stereocenters. The van der Waals surface area contributed by atoms with E-state index in [2.05, 4.69) is 193 Å². The van der Waals surface area contributed by atoms with Crippen LogP contribution in [-0.4, -0.2) is 52.6 Å². The molecule has 0 aliphatic rings. The highest BCUT2D eigenvalue weighted by molar-refractivity contribution is 6.30. The van der Waals surface area contributed by atoms with E-state index in [4.69, 9.17) is 56.2 Å². The van der Waals surface area contributed by atoms with E-state index >= 15 is 0 Å². The van der Waals surface area contributed by atoms with Crippen LogP contribution >= 0.6 is 11.6 Å². The van der Waals surface area contributed by atoms with Crippen LogP contribution in [0.4, 0.5) is 0 Å². The fourth-order valence-electron chi connectivity index (χ4n) is 12.9. The first-order valence-corrected chi connectivity index (χ1v) is 34.5.